The average Bonchev–Trinajstić information content (AvgIpc) is 3.17. The number of benzene rings is 1. The highest BCUT2D eigenvalue weighted by molar-refractivity contribution is 6.31. The molecule has 6 heteroatoms. The summed E-state index contributed by atoms with van der Waals surface area (Å²) >= 11 is 6.00. The summed E-state index contributed by atoms with van der Waals surface area (Å²) in [5.41, 5.74) is 2.67. The van der Waals surface area contributed by atoms with Crippen LogP contribution in [0.1, 0.15) is 22.5 Å². The molecule has 0 saturated carbocycles. The monoisotopic (exact) mass is 332 g/mol. The van der Waals surface area contributed by atoms with Crippen LogP contribution in [0.3, 0.4) is 0 Å². The first kappa shape index (κ1) is 15.9. The number of likely N-dealkylation sites (tertiary alicyclic amines) is 1. The minimum atomic E-state index is 0.0681. The maximum atomic E-state index is 12.8. The lowest BCUT2D eigenvalue weighted by molar-refractivity contribution is 0.0788. The van der Waals surface area contributed by atoms with Crippen LogP contribution in [0.2, 0.25) is 5.02 Å². The van der Waals surface area contributed by atoms with E-state index >= 15 is 0 Å². The SMILES string of the molecule is CNc1cc(Cl)ccc1C(=O)N1CC[C@H](Cc2ccnn2C)C1. The van der Waals surface area contributed by atoms with E-state index in [1.54, 1.807) is 25.2 Å². The Kier molecular flexibility index (Phi) is 4.57. The molecule has 23 heavy (non-hydrogen) atoms. The molecule has 1 atom stereocenters. The summed E-state index contributed by atoms with van der Waals surface area (Å²) in [4.78, 5) is 14.7. The number of aromatic nitrogens is 2. The van der Waals surface area contributed by atoms with Crippen molar-refractivity contribution in [3.63, 3.8) is 0 Å². The highest BCUT2D eigenvalue weighted by Crippen LogP contribution is 2.26. The molecule has 2 heterocycles. The van der Waals surface area contributed by atoms with Crippen LogP contribution < -0.4 is 5.32 Å². The van der Waals surface area contributed by atoms with Gasteiger partial charge in [-0.15, -0.1) is 0 Å². The predicted octanol–water partition coefficient (Wildman–Crippen LogP) is 2.82. The number of amides is 1. The fourth-order valence-electron chi connectivity index (χ4n) is 3.16. The lowest BCUT2D eigenvalue weighted by Crippen LogP contribution is -2.29. The zero-order valence-corrected chi connectivity index (χ0v) is 14.2. The van der Waals surface area contributed by atoms with Crippen molar-refractivity contribution in [2.24, 2.45) is 13.0 Å². The predicted molar refractivity (Wildman–Crippen MR) is 91.9 cm³/mol. The van der Waals surface area contributed by atoms with Gasteiger partial charge in [0.25, 0.3) is 5.91 Å². The normalized spacial score (nSPS) is 17.5. The number of aryl methyl sites for hydroxylation is 1. The fraction of sp³-hybridized carbons (Fsp3) is 0.412. The van der Waals surface area contributed by atoms with E-state index in [0.29, 0.717) is 16.5 Å². The second kappa shape index (κ2) is 6.62. The van der Waals surface area contributed by atoms with Crippen LogP contribution in [0, 0.1) is 5.92 Å². The number of nitrogens with zero attached hydrogens (tertiary/aromatic N) is 3. The van der Waals surface area contributed by atoms with E-state index in [4.69, 9.17) is 11.6 Å². The molecule has 2 aromatic rings. The first-order chi connectivity index (χ1) is 11.1. The summed E-state index contributed by atoms with van der Waals surface area (Å²) in [6.07, 6.45) is 3.80. The number of halogens is 1. The maximum absolute atomic E-state index is 12.8. The van der Waals surface area contributed by atoms with Crippen molar-refractivity contribution in [3.8, 4) is 0 Å². The van der Waals surface area contributed by atoms with Gasteiger partial charge in [-0.05, 0) is 43.0 Å². The van der Waals surface area contributed by atoms with E-state index < -0.39 is 0 Å². The van der Waals surface area contributed by atoms with Gasteiger partial charge < -0.3 is 10.2 Å². The van der Waals surface area contributed by atoms with Crippen molar-refractivity contribution < 1.29 is 4.79 Å². The Labute approximate surface area is 141 Å². The molecule has 3 rings (SSSR count). The summed E-state index contributed by atoms with van der Waals surface area (Å²) in [7, 11) is 3.76. The molecule has 1 amide bonds. The minimum Gasteiger partial charge on any atom is -0.387 e. The lowest BCUT2D eigenvalue weighted by atomic mass is 10.0. The molecule has 0 spiro atoms. The number of carbonyl (C=O) groups excluding carboxylic acids is 1. The molecule has 0 radical (unpaired) electrons. The van der Waals surface area contributed by atoms with Gasteiger partial charge in [-0.3, -0.25) is 9.48 Å². The van der Waals surface area contributed by atoms with Crippen LogP contribution in [0.4, 0.5) is 5.69 Å². The summed E-state index contributed by atoms with van der Waals surface area (Å²) < 4.78 is 1.91. The Morgan fingerprint density at radius 2 is 2.26 bits per heavy atom. The van der Waals surface area contributed by atoms with Gasteiger partial charge in [0, 0.05) is 49.8 Å². The van der Waals surface area contributed by atoms with Crippen molar-refractivity contribution >= 4 is 23.2 Å². The van der Waals surface area contributed by atoms with Crippen molar-refractivity contribution in [2.75, 3.05) is 25.5 Å². The fourth-order valence-corrected chi connectivity index (χ4v) is 3.33. The summed E-state index contributed by atoms with van der Waals surface area (Å²) in [6, 6.07) is 7.39. The average molecular weight is 333 g/mol. The second-order valence-electron chi connectivity index (χ2n) is 6.00. The third-order valence-corrected chi connectivity index (χ3v) is 4.71. The summed E-state index contributed by atoms with van der Waals surface area (Å²) in [6.45, 7) is 1.59. The van der Waals surface area contributed by atoms with Crippen LogP contribution in [0.25, 0.3) is 0 Å². The number of rotatable bonds is 4. The second-order valence-corrected chi connectivity index (χ2v) is 6.43. The maximum Gasteiger partial charge on any atom is 0.255 e. The lowest BCUT2D eigenvalue weighted by Gasteiger charge is -2.19. The molecule has 1 aromatic carbocycles. The summed E-state index contributed by atoms with van der Waals surface area (Å²) in [5, 5.41) is 7.89. The number of anilines is 1. The van der Waals surface area contributed by atoms with Crippen LogP contribution >= 0.6 is 11.6 Å². The van der Waals surface area contributed by atoms with Crippen LogP contribution in [-0.4, -0.2) is 40.7 Å². The molecule has 1 saturated heterocycles. The van der Waals surface area contributed by atoms with Gasteiger partial charge in [0.1, 0.15) is 0 Å². The van der Waals surface area contributed by atoms with Crippen molar-refractivity contribution in [3.05, 3.63) is 46.7 Å². The molecule has 0 bridgehead atoms. The molecular weight excluding hydrogens is 312 g/mol. The van der Waals surface area contributed by atoms with Gasteiger partial charge in [0.2, 0.25) is 0 Å². The Hall–Kier alpha value is -2.01. The Morgan fingerprint density at radius 3 is 2.96 bits per heavy atom. The number of nitrogens with one attached hydrogen (secondary N) is 1. The highest BCUT2D eigenvalue weighted by atomic mass is 35.5. The van der Waals surface area contributed by atoms with E-state index in [0.717, 1.165) is 31.6 Å². The van der Waals surface area contributed by atoms with Crippen molar-refractivity contribution in [2.45, 2.75) is 12.8 Å². The standard InChI is InChI=1S/C17H21ClN4O/c1-19-16-10-13(18)3-4-15(16)17(23)22-8-6-12(11-22)9-14-5-7-20-21(14)2/h3-5,7,10,12,19H,6,8-9,11H2,1-2H3/t12-/m1/s1. The molecule has 5 nitrogen and oxygen atoms in total. The van der Waals surface area contributed by atoms with Gasteiger partial charge in [-0.2, -0.15) is 5.10 Å². The Morgan fingerprint density at radius 1 is 1.43 bits per heavy atom. The van der Waals surface area contributed by atoms with Gasteiger partial charge >= 0.3 is 0 Å². The molecule has 1 fully saturated rings. The van der Waals surface area contributed by atoms with E-state index in [1.165, 1.54) is 5.69 Å². The van der Waals surface area contributed by atoms with Crippen LogP contribution in [0.15, 0.2) is 30.5 Å². The smallest absolute Gasteiger partial charge is 0.255 e. The quantitative estimate of drug-likeness (QED) is 0.936. The third-order valence-electron chi connectivity index (χ3n) is 4.47. The zero-order valence-electron chi connectivity index (χ0n) is 13.4. The van der Waals surface area contributed by atoms with Crippen LogP contribution in [-0.2, 0) is 13.5 Å². The van der Waals surface area contributed by atoms with Gasteiger partial charge in [-0.1, -0.05) is 11.6 Å². The van der Waals surface area contributed by atoms with Crippen molar-refractivity contribution in [1.82, 2.24) is 14.7 Å². The minimum absolute atomic E-state index is 0.0681. The zero-order chi connectivity index (χ0) is 16.4. The van der Waals surface area contributed by atoms with Gasteiger partial charge in [-0.25, -0.2) is 0 Å². The van der Waals surface area contributed by atoms with Crippen LogP contribution in [0.5, 0.6) is 0 Å². The van der Waals surface area contributed by atoms with Gasteiger partial charge in [0.05, 0.1) is 5.56 Å². The third kappa shape index (κ3) is 3.34. The largest absolute Gasteiger partial charge is 0.387 e. The first-order valence-corrected chi connectivity index (χ1v) is 8.19. The molecule has 0 unspecified atom stereocenters. The first-order valence-electron chi connectivity index (χ1n) is 7.82. The summed E-state index contributed by atoms with van der Waals surface area (Å²) in [5.74, 6) is 0.554. The van der Waals surface area contributed by atoms with Gasteiger partial charge in [0.15, 0.2) is 0 Å². The van der Waals surface area contributed by atoms with E-state index in [9.17, 15) is 4.79 Å². The van der Waals surface area contributed by atoms with Crippen molar-refractivity contribution in [1.29, 1.82) is 0 Å². The Bertz CT molecular complexity index is 712. The van der Waals surface area contributed by atoms with E-state index in [2.05, 4.69) is 10.4 Å². The molecular formula is C17H21ClN4O. The molecule has 122 valence electrons. The number of carbonyl (C=O) groups is 1. The van der Waals surface area contributed by atoms with E-state index in [1.807, 2.05) is 28.9 Å². The molecule has 1 N–H and O–H groups in total. The van der Waals surface area contributed by atoms with E-state index in [-0.39, 0.29) is 5.91 Å². The number of hydrogen-bond donors (Lipinski definition) is 1. The topological polar surface area (TPSA) is 50.2 Å². The molecule has 0 aliphatic carbocycles. The molecule has 1 aliphatic rings. The number of hydrogen-bond acceptors (Lipinski definition) is 3. The highest BCUT2D eigenvalue weighted by Gasteiger charge is 2.28. The molecule has 1 aromatic heterocycles. The Balaban J connectivity index is 1.69. The molecule has 1 aliphatic heterocycles.